The number of benzene rings is 1. The van der Waals surface area contributed by atoms with Crippen molar-refractivity contribution in [1.82, 2.24) is 0 Å². The zero-order valence-electron chi connectivity index (χ0n) is 9.63. The maximum atomic E-state index is 5.27. The van der Waals surface area contributed by atoms with Crippen LogP contribution in [0.1, 0.15) is 19.4 Å². The van der Waals surface area contributed by atoms with Crippen LogP contribution in [0.15, 0.2) is 16.6 Å². The van der Waals surface area contributed by atoms with Gasteiger partial charge in [-0.15, -0.1) is 0 Å². The van der Waals surface area contributed by atoms with Gasteiger partial charge in [0.1, 0.15) is 0 Å². The largest absolute Gasteiger partial charge is 0.493 e. The minimum absolute atomic E-state index is 0.624. The van der Waals surface area contributed by atoms with Crippen molar-refractivity contribution in [1.29, 1.82) is 0 Å². The predicted molar refractivity (Wildman–Crippen MR) is 65.8 cm³/mol. The summed E-state index contributed by atoms with van der Waals surface area (Å²) in [5, 5.41) is 0. The summed E-state index contributed by atoms with van der Waals surface area (Å²) in [7, 11) is 3.30. The van der Waals surface area contributed by atoms with E-state index in [0.29, 0.717) is 5.92 Å². The molecule has 84 valence electrons. The molecule has 0 aromatic heterocycles. The highest BCUT2D eigenvalue weighted by Gasteiger charge is 2.10. The Hall–Kier alpha value is -0.700. The molecule has 1 aromatic carbocycles. The van der Waals surface area contributed by atoms with Crippen LogP contribution < -0.4 is 9.47 Å². The summed E-state index contributed by atoms with van der Waals surface area (Å²) < 4.78 is 11.6. The molecule has 2 nitrogen and oxygen atoms in total. The summed E-state index contributed by atoms with van der Waals surface area (Å²) in [6, 6.07) is 3.99. The van der Waals surface area contributed by atoms with Crippen molar-refractivity contribution in [2.24, 2.45) is 5.92 Å². The topological polar surface area (TPSA) is 18.5 Å². The fourth-order valence-electron chi connectivity index (χ4n) is 1.49. The fourth-order valence-corrected chi connectivity index (χ4v) is 1.98. The first kappa shape index (κ1) is 12.4. The summed E-state index contributed by atoms with van der Waals surface area (Å²) in [5.41, 5.74) is 1.25. The van der Waals surface area contributed by atoms with Crippen molar-refractivity contribution in [2.75, 3.05) is 14.2 Å². The summed E-state index contributed by atoms with van der Waals surface area (Å²) >= 11 is 3.54. The van der Waals surface area contributed by atoms with Gasteiger partial charge in [-0.25, -0.2) is 0 Å². The maximum absolute atomic E-state index is 5.27. The second-order valence-electron chi connectivity index (χ2n) is 3.90. The van der Waals surface area contributed by atoms with Crippen LogP contribution in [-0.2, 0) is 6.42 Å². The molecule has 1 aromatic rings. The average Bonchev–Trinajstić information content (AvgIpc) is 2.19. The second kappa shape index (κ2) is 5.40. The SMILES string of the molecule is COc1cc(Br)c(CC(C)C)cc1OC. The van der Waals surface area contributed by atoms with E-state index in [9.17, 15) is 0 Å². The van der Waals surface area contributed by atoms with Crippen LogP contribution in [0.5, 0.6) is 11.5 Å². The minimum Gasteiger partial charge on any atom is -0.493 e. The van der Waals surface area contributed by atoms with Crippen molar-refractivity contribution < 1.29 is 9.47 Å². The van der Waals surface area contributed by atoms with E-state index < -0.39 is 0 Å². The van der Waals surface area contributed by atoms with Crippen LogP contribution in [0.3, 0.4) is 0 Å². The van der Waals surface area contributed by atoms with Gasteiger partial charge >= 0.3 is 0 Å². The molecule has 0 saturated heterocycles. The van der Waals surface area contributed by atoms with Gasteiger partial charge in [-0.1, -0.05) is 29.8 Å². The molecule has 0 aliphatic carbocycles. The summed E-state index contributed by atoms with van der Waals surface area (Å²) in [6.45, 7) is 4.40. The molecule has 0 bridgehead atoms. The zero-order chi connectivity index (χ0) is 11.4. The first-order chi connectivity index (χ1) is 7.08. The van der Waals surface area contributed by atoms with Crippen molar-refractivity contribution in [3.63, 3.8) is 0 Å². The van der Waals surface area contributed by atoms with Crippen LogP contribution in [-0.4, -0.2) is 14.2 Å². The zero-order valence-corrected chi connectivity index (χ0v) is 11.2. The van der Waals surface area contributed by atoms with E-state index >= 15 is 0 Å². The minimum atomic E-state index is 0.624. The van der Waals surface area contributed by atoms with Crippen LogP contribution in [0, 0.1) is 5.92 Å². The van der Waals surface area contributed by atoms with Gasteiger partial charge in [-0.3, -0.25) is 0 Å². The third-order valence-electron chi connectivity index (χ3n) is 2.18. The van der Waals surface area contributed by atoms with Crippen LogP contribution in [0.25, 0.3) is 0 Å². The molecule has 0 saturated carbocycles. The quantitative estimate of drug-likeness (QED) is 0.833. The van der Waals surface area contributed by atoms with Gasteiger partial charge in [0.2, 0.25) is 0 Å². The molecule has 0 amide bonds. The van der Waals surface area contributed by atoms with Crippen molar-refractivity contribution in [3.05, 3.63) is 22.2 Å². The Kier molecular flexibility index (Phi) is 4.45. The number of halogens is 1. The summed E-state index contributed by atoms with van der Waals surface area (Å²) in [6.07, 6.45) is 1.03. The molecule has 0 spiro atoms. The molecule has 0 fully saturated rings. The van der Waals surface area contributed by atoms with E-state index in [2.05, 4.69) is 29.8 Å². The molecule has 3 heteroatoms. The van der Waals surface area contributed by atoms with E-state index in [1.54, 1.807) is 14.2 Å². The Morgan fingerprint density at radius 3 is 2.13 bits per heavy atom. The Bertz CT molecular complexity index is 335. The van der Waals surface area contributed by atoms with E-state index in [4.69, 9.17) is 9.47 Å². The predicted octanol–water partition coefficient (Wildman–Crippen LogP) is 3.66. The smallest absolute Gasteiger partial charge is 0.161 e. The van der Waals surface area contributed by atoms with Crippen molar-refractivity contribution in [2.45, 2.75) is 20.3 Å². The molecule has 0 heterocycles. The Morgan fingerprint density at radius 1 is 1.13 bits per heavy atom. The van der Waals surface area contributed by atoms with Crippen LogP contribution in [0.4, 0.5) is 0 Å². The van der Waals surface area contributed by atoms with E-state index in [1.807, 2.05) is 12.1 Å². The van der Waals surface area contributed by atoms with Gasteiger partial charge in [-0.2, -0.15) is 0 Å². The molecule has 0 aliphatic heterocycles. The number of hydrogen-bond acceptors (Lipinski definition) is 2. The highest BCUT2D eigenvalue weighted by atomic mass is 79.9. The monoisotopic (exact) mass is 272 g/mol. The van der Waals surface area contributed by atoms with E-state index in [-0.39, 0.29) is 0 Å². The number of ether oxygens (including phenoxy) is 2. The average molecular weight is 273 g/mol. The molecular weight excluding hydrogens is 256 g/mol. The van der Waals surface area contributed by atoms with Gasteiger partial charge in [0, 0.05) is 4.47 Å². The van der Waals surface area contributed by atoms with Crippen molar-refractivity contribution >= 4 is 15.9 Å². The Morgan fingerprint density at radius 2 is 1.67 bits per heavy atom. The van der Waals surface area contributed by atoms with Gasteiger partial charge in [-0.05, 0) is 30.0 Å². The molecule has 0 aliphatic rings. The lowest BCUT2D eigenvalue weighted by molar-refractivity contribution is 0.354. The van der Waals surface area contributed by atoms with Crippen LogP contribution >= 0.6 is 15.9 Å². The lowest BCUT2D eigenvalue weighted by atomic mass is 10.0. The van der Waals surface area contributed by atoms with Crippen molar-refractivity contribution in [3.8, 4) is 11.5 Å². The summed E-state index contributed by atoms with van der Waals surface area (Å²) in [5.74, 6) is 2.17. The highest BCUT2D eigenvalue weighted by Crippen LogP contribution is 2.34. The van der Waals surface area contributed by atoms with Gasteiger partial charge in [0.05, 0.1) is 14.2 Å². The first-order valence-corrected chi connectivity index (χ1v) is 5.78. The first-order valence-electron chi connectivity index (χ1n) is 4.98. The molecule has 1 rings (SSSR count). The van der Waals surface area contributed by atoms with E-state index in [1.165, 1.54) is 5.56 Å². The number of rotatable bonds is 4. The molecule has 0 radical (unpaired) electrons. The van der Waals surface area contributed by atoms with Gasteiger partial charge < -0.3 is 9.47 Å². The normalized spacial score (nSPS) is 10.5. The molecule has 0 unspecified atom stereocenters. The lowest BCUT2D eigenvalue weighted by Crippen LogP contribution is -1.98. The molecule has 15 heavy (non-hydrogen) atoms. The van der Waals surface area contributed by atoms with Gasteiger partial charge in [0.15, 0.2) is 11.5 Å². The molecule has 0 atom stereocenters. The van der Waals surface area contributed by atoms with Gasteiger partial charge in [0.25, 0.3) is 0 Å². The number of methoxy groups -OCH3 is 2. The Labute approximate surface area is 99.7 Å². The number of hydrogen-bond donors (Lipinski definition) is 0. The molecule has 0 N–H and O–H groups in total. The third-order valence-corrected chi connectivity index (χ3v) is 2.92. The highest BCUT2D eigenvalue weighted by molar-refractivity contribution is 9.10. The standard InChI is InChI=1S/C12H17BrO2/c1-8(2)5-9-6-11(14-3)12(15-4)7-10(9)13/h6-8H,5H2,1-4H3. The van der Waals surface area contributed by atoms with E-state index in [0.717, 1.165) is 22.4 Å². The third kappa shape index (κ3) is 3.13. The maximum Gasteiger partial charge on any atom is 0.161 e. The lowest BCUT2D eigenvalue weighted by Gasteiger charge is -2.13. The molecular formula is C12H17BrO2. The fraction of sp³-hybridized carbons (Fsp3) is 0.500. The summed E-state index contributed by atoms with van der Waals surface area (Å²) in [4.78, 5) is 0. The van der Waals surface area contributed by atoms with Crippen LogP contribution in [0.2, 0.25) is 0 Å². The second-order valence-corrected chi connectivity index (χ2v) is 4.75. The Balaban J connectivity index is 3.08.